The number of hydrogen-bond acceptors (Lipinski definition) is 7. The Labute approximate surface area is 204 Å². The normalized spacial score (nSPS) is 13.0. The number of aromatic amines is 1. The first kappa shape index (κ1) is 24.2. The minimum absolute atomic E-state index is 0.0304. The van der Waals surface area contributed by atoms with Crippen molar-refractivity contribution in [3.05, 3.63) is 68.7 Å². The predicted octanol–water partition coefficient (Wildman–Crippen LogP) is 2.49. The summed E-state index contributed by atoms with van der Waals surface area (Å²) in [7, 11) is 0. The van der Waals surface area contributed by atoms with Crippen LogP contribution in [-0.2, 0) is 16.0 Å². The molecule has 35 heavy (non-hydrogen) atoms. The molecule has 0 aliphatic rings. The van der Waals surface area contributed by atoms with Crippen LogP contribution < -0.4 is 20.8 Å². The molecule has 4 rings (SSSR count). The number of aromatic hydroxyl groups is 1. The van der Waals surface area contributed by atoms with Crippen molar-refractivity contribution in [2.24, 2.45) is 0 Å². The van der Waals surface area contributed by atoms with E-state index in [9.17, 15) is 24.6 Å². The Balaban J connectivity index is 1.52. The maximum absolute atomic E-state index is 12.7. The van der Waals surface area contributed by atoms with Crippen LogP contribution in [0.2, 0.25) is 5.02 Å². The summed E-state index contributed by atoms with van der Waals surface area (Å²) in [5, 5.41) is 25.4. The fraction of sp³-hybridized carbons (Fsp3) is 0.240. The van der Waals surface area contributed by atoms with E-state index < -0.39 is 29.6 Å². The predicted molar refractivity (Wildman–Crippen MR) is 128 cm³/mol. The zero-order valence-electron chi connectivity index (χ0n) is 19.1. The third-order valence-electron chi connectivity index (χ3n) is 5.96. The summed E-state index contributed by atoms with van der Waals surface area (Å²) in [6.45, 7) is 4.86. The van der Waals surface area contributed by atoms with Crippen molar-refractivity contribution < 1.29 is 29.0 Å². The average molecular weight is 498 g/mol. The number of aryl methyl sites for hydroxylation is 1. The van der Waals surface area contributed by atoms with Crippen LogP contribution in [0.1, 0.15) is 23.6 Å². The lowest BCUT2D eigenvalue weighted by atomic mass is 10.0. The van der Waals surface area contributed by atoms with Gasteiger partial charge in [0.1, 0.15) is 17.1 Å². The molecule has 0 saturated carbocycles. The number of H-pyrrole nitrogens is 1. The van der Waals surface area contributed by atoms with Gasteiger partial charge >= 0.3 is 5.63 Å². The SMILES string of the molecule is Cc1c(C)c2cc(Cl)c(O[C@H](C)C(=O)N[C@@H](Cc3c[nH]c4ccc(O)cc34)C(=O)[O-])cc2oc1=O. The highest BCUT2D eigenvalue weighted by Crippen LogP contribution is 2.32. The number of carbonyl (C=O) groups is 2. The largest absolute Gasteiger partial charge is 0.548 e. The molecule has 2 aromatic heterocycles. The van der Waals surface area contributed by atoms with E-state index in [1.165, 1.54) is 25.1 Å². The van der Waals surface area contributed by atoms with Crippen molar-refractivity contribution >= 4 is 45.3 Å². The molecule has 182 valence electrons. The topological polar surface area (TPSA) is 145 Å². The third-order valence-corrected chi connectivity index (χ3v) is 6.25. The van der Waals surface area contributed by atoms with Crippen molar-refractivity contribution in [3.8, 4) is 11.5 Å². The Morgan fingerprint density at radius 3 is 2.66 bits per heavy atom. The number of rotatable bonds is 7. The summed E-state index contributed by atoms with van der Waals surface area (Å²) in [5.74, 6) is -2.05. The molecule has 0 saturated heterocycles. The number of amides is 1. The molecule has 4 aromatic rings. The van der Waals surface area contributed by atoms with E-state index >= 15 is 0 Å². The minimum Gasteiger partial charge on any atom is -0.548 e. The number of ether oxygens (including phenoxy) is 1. The number of benzene rings is 2. The van der Waals surface area contributed by atoms with Gasteiger partial charge in [0.15, 0.2) is 6.10 Å². The Kier molecular flexibility index (Phi) is 6.45. The maximum atomic E-state index is 12.7. The number of phenols is 1. The van der Waals surface area contributed by atoms with Gasteiger partial charge in [-0.2, -0.15) is 0 Å². The van der Waals surface area contributed by atoms with Gasteiger partial charge in [-0.15, -0.1) is 0 Å². The number of halogens is 1. The van der Waals surface area contributed by atoms with Crippen LogP contribution in [-0.4, -0.2) is 34.1 Å². The van der Waals surface area contributed by atoms with Crippen LogP contribution in [0.3, 0.4) is 0 Å². The number of carbonyl (C=O) groups excluding carboxylic acids is 2. The lowest BCUT2D eigenvalue weighted by molar-refractivity contribution is -0.308. The maximum Gasteiger partial charge on any atom is 0.339 e. The molecule has 0 unspecified atom stereocenters. The second-order valence-corrected chi connectivity index (χ2v) is 8.71. The molecule has 2 atom stereocenters. The highest BCUT2D eigenvalue weighted by molar-refractivity contribution is 6.32. The van der Waals surface area contributed by atoms with Crippen LogP contribution >= 0.6 is 11.6 Å². The fourth-order valence-electron chi connectivity index (χ4n) is 3.82. The number of nitrogens with one attached hydrogen (secondary N) is 2. The molecule has 1 amide bonds. The van der Waals surface area contributed by atoms with E-state index in [0.29, 0.717) is 27.4 Å². The van der Waals surface area contributed by atoms with Gasteiger partial charge in [-0.3, -0.25) is 4.79 Å². The van der Waals surface area contributed by atoms with Gasteiger partial charge in [0, 0.05) is 40.5 Å². The van der Waals surface area contributed by atoms with Crippen molar-refractivity contribution in [2.45, 2.75) is 39.3 Å². The average Bonchev–Trinajstić information content (AvgIpc) is 3.20. The molecule has 0 aliphatic heterocycles. The second kappa shape index (κ2) is 9.34. The summed E-state index contributed by atoms with van der Waals surface area (Å²) >= 11 is 6.33. The van der Waals surface area contributed by atoms with E-state index in [1.807, 2.05) is 0 Å². The third kappa shape index (κ3) is 4.81. The summed E-state index contributed by atoms with van der Waals surface area (Å²) in [6, 6.07) is 6.32. The van der Waals surface area contributed by atoms with Gasteiger partial charge in [0.25, 0.3) is 5.91 Å². The smallest absolute Gasteiger partial charge is 0.339 e. The molecule has 10 heteroatoms. The Morgan fingerprint density at radius 2 is 1.94 bits per heavy atom. The number of phenolic OH excluding ortho intramolecular Hbond substituents is 1. The van der Waals surface area contributed by atoms with Crippen LogP contribution in [0.5, 0.6) is 11.5 Å². The lowest BCUT2D eigenvalue weighted by Crippen LogP contribution is -2.52. The summed E-state index contributed by atoms with van der Waals surface area (Å²) in [4.78, 5) is 39.5. The van der Waals surface area contributed by atoms with Crippen molar-refractivity contribution in [3.63, 3.8) is 0 Å². The molecule has 3 N–H and O–H groups in total. The Morgan fingerprint density at radius 1 is 1.20 bits per heavy atom. The number of hydrogen-bond donors (Lipinski definition) is 3. The van der Waals surface area contributed by atoms with Gasteiger partial charge in [0.2, 0.25) is 0 Å². The monoisotopic (exact) mass is 497 g/mol. The van der Waals surface area contributed by atoms with E-state index in [4.69, 9.17) is 20.8 Å². The zero-order valence-corrected chi connectivity index (χ0v) is 19.9. The second-order valence-electron chi connectivity index (χ2n) is 8.31. The van der Waals surface area contributed by atoms with E-state index in [-0.39, 0.29) is 28.5 Å². The quantitative estimate of drug-likeness (QED) is 0.332. The van der Waals surface area contributed by atoms with Crippen molar-refractivity contribution in [2.75, 3.05) is 0 Å². The molecule has 0 fully saturated rings. The van der Waals surface area contributed by atoms with Crippen LogP contribution in [0.4, 0.5) is 0 Å². The molecule has 2 heterocycles. The Hall–Kier alpha value is -3.98. The highest BCUT2D eigenvalue weighted by Gasteiger charge is 2.23. The van der Waals surface area contributed by atoms with E-state index in [1.54, 1.807) is 32.2 Å². The fourth-order valence-corrected chi connectivity index (χ4v) is 4.02. The molecular weight excluding hydrogens is 476 g/mol. The molecule has 0 spiro atoms. The standard InChI is InChI=1S/C25H23ClN2O7/c1-11-12(2)25(33)35-21-9-22(18(26)8-16(11)21)34-13(3)23(30)28-20(24(31)32)6-14-10-27-19-5-4-15(29)7-17(14)19/h4-5,7-10,13,20,27,29H,6H2,1-3H3,(H,28,30)(H,31,32)/p-1/t13-,20+/m1/s1. The van der Waals surface area contributed by atoms with Gasteiger partial charge < -0.3 is 34.5 Å². The first-order valence-electron chi connectivity index (χ1n) is 10.8. The van der Waals surface area contributed by atoms with Crippen LogP contribution in [0.15, 0.2) is 45.7 Å². The summed E-state index contributed by atoms with van der Waals surface area (Å²) in [6.07, 6.45) is 0.403. The van der Waals surface area contributed by atoms with Gasteiger partial charge in [0.05, 0.1) is 17.0 Å². The number of aliphatic carboxylic acids is 1. The van der Waals surface area contributed by atoms with Crippen molar-refractivity contribution in [1.29, 1.82) is 0 Å². The van der Waals surface area contributed by atoms with E-state index in [2.05, 4.69) is 10.3 Å². The first-order valence-corrected chi connectivity index (χ1v) is 11.1. The highest BCUT2D eigenvalue weighted by atomic mass is 35.5. The summed E-state index contributed by atoms with van der Waals surface area (Å²) in [5.41, 5.74) is 2.24. The number of fused-ring (bicyclic) bond motifs is 2. The van der Waals surface area contributed by atoms with Gasteiger partial charge in [-0.25, -0.2) is 4.79 Å². The van der Waals surface area contributed by atoms with Gasteiger partial charge in [-0.1, -0.05) is 11.6 Å². The molecule has 9 nitrogen and oxygen atoms in total. The Bertz CT molecular complexity index is 1520. The molecular formula is C25H22ClN2O7-. The van der Waals surface area contributed by atoms with Crippen molar-refractivity contribution in [1.82, 2.24) is 10.3 Å². The summed E-state index contributed by atoms with van der Waals surface area (Å²) < 4.78 is 11.0. The van der Waals surface area contributed by atoms with Crippen LogP contribution in [0.25, 0.3) is 21.9 Å². The number of carboxylic acid groups (broad SMARTS) is 1. The molecule has 0 radical (unpaired) electrons. The molecule has 0 bridgehead atoms. The van der Waals surface area contributed by atoms with Crippen LogP contribution in [0, 0.1) is 13.8 Å². The van der Waals surface area contributed by atoms with Gasteiger partial charge in [-0.05, 0) is 56.2 Å². The number of carboxylic acids is 1. The van der Waals surface area contributed by atoms with E-state index in [0.717, 1.165) is 5.56 Å². The lowest BCUT2D eigenvalue weighted by Gasteiger charge is -2.22. The molecule has 2 aromatic carbocycles. The minimum atomic E-state index is -1.48. The molecule has 0 aliphatic carbocycles. The number of aromatic nitrogens is 1. The zero-order chi connectivity index (χ0) is 25.4. The first-order chi connectivity index (χ1) is 16.5.